The maximum atomic E-state index is 12.4. The summed E-state index contributed by atoms with van der Waals surface area (Å²) < 4.78 is 26.4. The van der Waals surface area contributed by atoms with Gasteiger partial charge in [0.05, 0.1) is 5.75 Å². The van der Waals surface area contributed by atoms with Crippen molar-refractivity contribution in [3.63, 3.8) is 0 Å². The molecule has 1 aliphatic heterocycles. The van der Waals surface area contributed by atoms with E-state index in [0.29, 0.717) is 19.5 Å². The van der Waals surface area contributed by atoms with Gasteiger partial charge >= 0.3 is 0 Å². The van der Waals surface area contributed by atoms with Crippen molar-refractivity contribution in [3.8, 4) is 0 Å². The minimum atomic E-state index is -3.11. The van der Waals surface area contributed by atoms with Gasteiger partial charge in [0.1, 0.15) is 0 Å². The molecule has 0 fully saturated rings. The summed E-state index contributed by atoms with van der Waals surface area (Å²) in [7, 11) is -3.11. The predicted octanol–water partition coefficient (Wildman–Crippen LogP) is 1.42. The van der Waals surface area contributed by atoms with Crippen LogP contribution in [0.1, 0.15) is 24.5 Å². The topological polar surface area (TPSA) is 49.4 Å². The van der Waals surface area contributed by atoms with Gasteiger partial charge in [0.2, 0.25) is 10.0 Å². The summed E-state index contributed by atoms with van der Waals surface area (Å²) in [6.07, 6.45) is 2.32. The van der Waals surface area contributed by atoms with Crippen molar-refractivity contribution < 1.29 is 8.42 Å². The summed E-state index contributed by atoms with van der Waals surface area (Å²) in [4.78, 5) is 0. The molecule has 5 heteroatoms. The third kappa shape index (κ3) is 4.04. The molecule has 0 saturated carbocycles. The van der Waals surface area contributed by atoms with Gasteiger partial charge in [-0.05, 0) is 43.5 Å². The number of benzene rings is 1. The van der Waals surface area contributed by atoms with Crippen molar-refractivity contribution in [2.45, 2.75) is 26.2 Å². The van der Waals surface area contributed by atoms with E-state index >= 15 is 0 Å². The third-order valence-electron chi connectivity index (χ3n) is 3.78. The van der Waals surface area contributed by atoms with E-state index in [1.165, 1.54) is 11.1 Å². The molecule has 0 saturated heterocycles. The molecule has 0 unspecified atom stereocenters. The van der Waals surface area contributed by atoms with Crippen LogP contribution >= 0.6 is 0 Å². The highest BCUT2D eigenvalue weighted by molar-refractivity contribution is 7.89. The van der Waals surface area contributed by atoms with Crippen LogP contribution in [0.4, 0.5) is 0 Å². The average Bonchev–Trinajstić information content (AvgIpc) is 2.66. The van der Waals surface area contributed by atoms with Crippen LogP contribution in [0, 0.1) is 0 Å². The molecule has 0 radical (unpaired) electrons. The third-order valence-corrected chi connectivity index (χ3v) is 5.74. The maximum absolute atomic E-state index is 12.4. The molecule has 0 spiro atoms. The normalized spacial score (nSPS) is 16.6. The molecule has 1 heterocycles. The molecule has 4 nitrogen and oxygen atoms in total. The van der Waals surface area contributed by atoms with Gasteiger partial charge in [-0.25, -0.2) is 12.7 Å². The molecule has 1 aromatic carbocycles. The highest BCUT2D eigenvalue weighted by atomic mass is 32.2. The first-order chi connectivity index (χ1) is 9.63. The van der Waals surface area contributed by atoms with Crippen molar-refractivity contribution in [2.75, 3.05) is 31.9 Å². The van der Waals surface area contributed by atoms with Crippen LogP contribution in [-0.4, -0.2) is 44.7 Å². The number of hydrogen-bond acceptors (Lipinski definition) is 3. The molecule has 0 bridgehead atoms. The van der Waals surface area contributed by atoms with E-state index in [1.54, 1.807) is 4.31 Å². The molecule has 0 aromatic heterocycles. The van der Waals surface area contributed by atoms with Gasteiger partial charge < -0.3 is 5.32 Å². The molecule has 0 amide bonds. The molecular weight excluding hydrogens is 272 g/mol. The van der Waals surface area contributed by atoms with Crippen molar-refractivity contribution >= 4 is 10.0 Å². The van der Waals surface area contributed by atoms with Crippen LogP contribution in [-0.2, 0) is 22.9 Å². The van der Waals surface area contributed by atoms with E-state index in [0.717, 1.165) is 25.9 Å². The fourth-order valence-electron chi connectivity index (χ4n) is 2.61. The first-order valence-electron chi connectivity index (χ1n) is 7.39. The Morgan fingerprint density at radius 3 is 2.30 bits per heavy atom. The summed E-state index contributed by atoms with van der Waals surface area (Å²) in [6.45, 7) is 4.91. The quantitative estimate of drug-likeness (QED) is 0.808. The Labute approximate surface area is 122 Å². The van der Waals surface area contributed by atoms with Crippen LogP contribution in [0.5, 0.6) is 0 Å². The van der Waals surface area contributed by atoms with Gasteiger partial charge in [0.25, 0.3) is 0 Å². The Hall–Kier alpha value is -0.910. The van der Waals surface area contributed by atoms with Crippen molar-refractivity contribution in [1.29, 1.82) is 0 Å². The molecule has 112 valence electrons. The second-order valence-electron chi connectivity index (χ2n) is 5.19. The Morgan fingerprint density at radius 2 is 1.75 bits per heavy atom. The number of nitrogens with one attached hydrogen (secondary N) is 1. The Morgan fingerprint density at radius 1 is 1.15 bits per heavy atom. The van der Waals surface area contributed by atoms with Gasteiger partial charge in [-0.2, -0.15) is 0 Å². The summed E-state index contributed by atoms with van der Waals surface area (Å²) in [6, 6.07) is 8.27. The van der Waals surface area contributed by atoms with Crippen LogP contribution in [0.25, 0.3) is 0 Å². The number of rotatable bonds is 6. The van der Waals surface area contributed by atoms with E-state index in [-0.39, 0.29) is 5.75 Å². The van der Waals surface area contributed by atoms with E-state index in [9.17, 15) is 8.42 Å². The second-order valence-corrected chi connectivity index (χ2v) is 7.28. The predicted molar refractivity (Wildman–Crippen MR) is 82.4 cm³/mol. The van der Waals surface area contributed by atoms with Crippen molar-refractivity contribution in [3.05, 3.63) is 35.4 Å². The van der Waals surface area contributed by atoms with E-state index in [4.69, 9.17) is 0 Å². The monoisotopic (exact) mass is 296 g/mol. The van der Waals surface area contributed by atoms with Gasteiger partial charge in [-0.1, -0.05) is 31.2 Å². The van der Waals surface area contributed by atoms with Crippen LogP contribution in [0.2, 0.25) is 0 Å². The van der Waals surface area contributed by atoms with Crippen LogP contribution in [0.15, 0.2) is 24.3 Å². The average molecular weight is 296 g/mol. The standard InChI is InChI=1S/C15H24N2O2S/c1-2-16-10-5-13-20(18,19)17-11-8-14-6-3-4-7-15(14)9-12-17/h3-4,6-7,16H,2,5,8-13H2,1H3. The number of sulfonamides is 1. The SMILES string of the molecule is CCNCCCS(=O)(=O)N1CCc2ccccc2CC1. The fourth-order valence-corrected chi connectivity index (χ4v) is 4.12. The zero-order valence-corrected chi connectivity index (χ0v) is 13.0. The fraction of sp³-hybridized carbons (Fsp3) is 0.600. The molecule has 1 aliphatic rings. The Balaban J connectivity index is 1.94. The van der Waals surface area contributed by atoms with Crippen LogP contribution < -0.4 is 5.32 Å². The summed E-state index contributed by atoms with van der Waals surface area (Å²) in [5.74, 6) is 0.246. The number of nitrogens with zero attached hydrogens (tertiary/aromatic N) is 1. The summed E-state index contributed by atoms with van der Waals surface area (Å²) in [5, 5.41) is 3.17. The Kier molecular flexibility index (Phi) is 5.57. The lowest BCUT2D eigenvalue weighted by Crippen LogP contribution is -2.35. The first-order valence-corrected chi connectivity index (χ1v) is 8.99. The summed E-state index contributed by atoms with van der Waals surface area (Å²) in [5.41, 5.74) is 2.58. The molecule has 2 rings (SSSR count). The van der Waals surface area contributed by atoms with Gasteiger partial charge in [-0.15, -0.1) is 0 Å². The lowest BCUT2D eigenvalue weighted by atomic mass is 10.0. The second kappa shape index (κ2) is 7.20. The zero-order chi connectivity index (χ0) is 14.4. The smallest absolute Gasteiger partial charge is 0.214 e. The highest BCUT2D eigenvalue weighted by Crippen LogP contribution is 2.17. The lowest BCUT2D eigenvalue weighted by molar-refractivity contribution is 0.425. The lowest BCUT2D eigenvalue weighted by Gasteiger charge is -2.19. The van der Waals surface area contributed by atoms with Crippen molar-refractivity contribution in [2.24, 2.45) is 0 Å². The Bertz CT molecular complexity index is 501. The van der Waals surface area contributed by atoms with Crippen LogP contribution in [0.3, 0.4) is 0 Å². The van der Waals surface area contributed by atoms with Gasteiger partial charge in [0, 0.05) is 13.1 Å². The molecule has 0 aliphatic carbocycles. The zero-order valence-electron chi connectivity index (χ0n) is 12.1. The molecule has 0 atom stereocenters. The molecular formula is C15H24N2O2S. The first kappa shape index (κ1) is 15.5. The van der Waals surface area contributed by atoms with Gasteiger partial charge in [-0.3, -0.25) is 0 Å². The molecule has 1 aromatic rings. The largest absolute Gasteiger partial charge is 0.317 e. The summed E-state index contributed by atoms with van der Waals surface area (Å²) >= 11 is 0. The van der Waals surface area contributed by atoms with E-state index in [1.807, 2.05) is 19.1 Å². The molecule has 20 heavy (non-hydrogen) atoms. The van der Waals surface area contributed by atoms with E-state index in [2.05, 4.69) is 17.4 Å². The van der Waals surface area contributed by atoms with E-state index < -0.39 is 10.0 Å². The number of fused-ring (bicyclic) bond motifs is 1. The minimum absolute atomic E-state index is 0.246. The highest BCUT2D eigenvalue weighted by Gasteiger charge is 2.23. The minimum Gasteiger partial charge on any atom is -0.317 e. The molecule has 1 N–H and O–H groups in total. The van der Waals surface area contributed by atoms with Crippen molar-refractivity contribution in [1.82, 2.24) is 9.62 Å². The number of hydrogen-bond donors (Lipinski definition) is 1. The maximum Gasteiger partial charge on any atom is 0.214 e. The van der Waals surface area contributed by atoms with Gasteiger partial charge in [0.15, 0.2) is 0 Å².